The number of amides is 1. The Balaban J connectivity index is 0.000000668. The van der Waals surface area contributed by atoms with Crippen molar-refractivity contribution in [1.29, 1.82) is 0 Å². The molecule has 2 bridgehead atoms. The van der Waals surface area contributed by atoms with E-state index in [9.17, 15) is 19.2 Å². The number of hydrogen-bond acceptors (Lipinski definition) is 6. The van der Waals surface area contributed by atoms with E-state index in [-0.39, 0.29) is 35.7 Å². The van der Waals surface area contributed by atoms with Crippen molar-refractivity contribution in [2.24, 2.45) is 20.0 Å². The van der Waals surface area contributed by atoms with Crippen LogP contribution in [0.4, 0.5) is 0 Å². The van der Waals surface area contributed by atoms with Crippen LogP contribution in [0.5, 0.6) is 0 Å². The minimum absolute atomic E-state index is 0.00388. The number of aliphatic carboxylic acids is 1. The van der Waals surface area contributed by atoms with Crippen LogP contribution in [0.15, 0.2) is 38.6 Å². The molecule has 4 heterocycles. The highest BCUT2D eigenvalue weighted by Gasteiger charge is 2.37. The summed E-state index contributed by atoms with van der Waals surface area (Å²) in [6.07, 6.45) is 0.960. The van der Waals surface area contributed by atoms with E-state index in [4.69, 9.17) is 9.90 Å². The summed E-state index contributed by atoms with van der Waals surface area (Å²) in [5.41, 5.74) is -0.183. The molecular formula is C21H27N5O6. The van der Waals surface area contributed by atoms with Crippen LogP contribution in [-0.4, -0.2) is 50.3 Å². The maximum atomic E-state index is 12.7. The highest BCUT2D eigenvalue weighted by atomic mass is 16.4. The molecule has 2 aromatic heterocycles. The zero-order valence-electron chi connectivity index (χ0n) is 18.2. The minimum atomic E-state index is -0.833. The molecule has 0 saturated carbocycles. The van der Waals surface area contributed by atoms with Crippen LogP contribution in [0.3, 0.4) is 0 Å². The van der Waals surface area contributed by atoms with Gasteiger partial charge in [-0.05, 0) is 18.4 Å². The first kappa shape index (κ1) is 23.2. The Bertz CT molecular complexity index is 1210. The Morgan fingerprint density at radius 2 is 1.81 bits per heavy atom. The Morgan fingerprint density at radius 1 is 1.12 bits per heavy atom. The molecule has 1 fully saturated rings. The zero-order valence-corrected chi connectivity index (χ0v) is 18.2. The third-order valence-electron chi connectivity index (χ3n) is 5.93. The molecule has 11 nitrogen and oxygen atoms in total. The van der Waals surface area contributed by atoms with E-state index >= 15 is 0 Å². The van der Waals surface area contributed by atoms with E-state index in [1.54, 1.807) is 10.6 Å². The smallest absolute Gasteiger partial charge is 0.331 e. The van der Waals surface area contributed by atoms with Gasteiger partial charge >= 0.3 is 5.69 Å². The summed E-state index contributed by atoms with van der Waals surface area (Å²) >= 11 is 0. The van der Waals surface area contributed by atoms with E-state index in [0.29, 0.717) is 0 Å². The molecule has 2 aromatic rings. The molecule has 0 aliphatic carbocycles. The van der Waals surface area contributed by atoms with Gasteiger partial charge < -0.3 is 20.3 Å². The Kier molecular flexibility index (Phi) is 6.78. The van der Waals surface area contributed by atoms with Crippen molar-refractivity contribution >= 4 is 11.9 Å². The molecule has 2 aliphatic heterocycles. The summed E-state index contributed by atoms with van der Waals surface area (Å²) in [6.45, 7) is 2.95. The third-order valence-corrected chi connectivity index (χ3v) is 5.93. The van der Waals surface area contributed by atoms with Gasteiger partial charge in [0, 0.05) is 64.4 Å². The zero-order chi connectivity index (χ0) is 23.6. The molecule has 2 aliphatic rings. The number of carboxylic acids is 1. The molecule has 0 aromatic carbocycles. The van der Waals surface area contributed by atoms with Crippen molar-refractivity contribution in [2.75, 3.05) is 19.6 Å². The summed E-state index contributed by atoms with van der Waals surface area (Å²) in [5.74, 6) is -0.828. The lowest BCUT2D eigenvalue weighted by Crippen LogP contribution is -2.51. The number of pyridine rings is 1. The summed E-state index contributed by atoms with van der Waals surface area (Å²) in [5, 5.41) is 13.6. The number of hydrogen-bond donors (Lipinski definition) is 3. The lowest BCUT2D eigenvalue weighted by atomic mass is 9.79. The first-order valence-electron chi connectivity index (χ1n) is 10.3. The van der Waals surface area contributed by atoms with Crippen LogP contribution in [-0.2, 0) is 18.9 Å². The molecule has 0 radical (unpaired) electrons. The van der Waals surface area contributed by atoms with Gasteiger partial charge in [-0.1, -0.05) is 6.07 Å². The summed E-state index contributed by atoms with van der Waals surface area (Å²) in [6, 6.07) is 6.25. The van der Waals surface area contributed by atoms with E-state index in [1.165, 1.54) is 20.2 Å². The number of nitrogens with one attached hydrogen (secondary N) is 2. The SMILES string of the molecule is CC(=O)O.Cn1c(C(=O)NC[C@H]2[C@@H]3CNC[C@@H](C3)c3cccc(=O)n32)cc(=O)n(C)c1=O. The van der Waals surface area contributed by atoms with Crippen LogP contribution >= 0.6 is 0 Å². The molecule has 3 N–H and O–H groups in total. The predicted molar refractivity (Wildman–Crippen MR) is 116 cm³/mol. The van der Waals surface area contributed by atoms with Gasteiger partial charge in [-0.25, -0.2) is 4.79 Å². The van der Waals surface area contributed by atoms with Crippen molar-refractivity contribution in [3.63, 3.8) is 0 Å². The number of piperidine rings is 1. The fourth-order valence-corrected chi connectivity index (χ4v) is 4.41. The van der Waals surface area contributed by atoms with Crippen molar-refractivity contribution in [1.82, 2.24) is 24.3 Å². The van der Waals surface area contributed by atoms with E-state index in [2.05, 4.69) is 10.6 Å². The van der Waals surface area contributed by atoms with Gasteiger partial charge in [0.2, 0.25) is 0 Å². The maximum absolute atomic E-state index is 12.7. The minimum Gasteiger partial charge on any atom is -0.481 e. The monoisotopic (exact) mass is 445 g/mol. The normalized spacial score (nSPS) is 21.0. The van der Waals surface area contributed by atoms with Gasteiger partial charge in [0.15, 0.2) is 0 Å². The van der Waals surface area contributed by atoms with Crippen molar-refractivity contribution < 1.29 is 14.7 Å². The summed E-state index contributed by atoms with van der Waals surface area (Å²) < 4.78 is 3.89. The second kappa shape index (κ2) is 9.35. The number of aromatic nitrogens is 3. The van der Waals surface area contributed by atoms with Crippen LogP contribution < -0.4 is 27.4 Å². The van der Waals surface area contributed by atoms with E-state index in [1.807, 2.05) is 6.07 Å². The Hall–Kier alpha value is -3.47. The second-order valence-electron chi connectivity index (χ2n) is 8.07. The number of carbonyl (C=O) groups excluding carboxylic acids is 1. The van der Waals surface area contributed by atoms with Crippen molar-refractivity contribution in [2.45, 2.75) is 25.3 Å². The number of rotatable bonds is 3. The maximum Gasteiger partial charge on any atom is 0.331 e. The number of carbonyl (C=O) groups is 2. The third kappa shape index (κ3) is 4.57. The van der Waals surface area contributed by atoms with Crippen LogP contribution in [0.1, 0.15) is 41.5 Å². The topological polar surface area (TPSA) is 144 Å². The highest BCUT2D eigenvalue weighted by molar-refractivity contribution is 5.92. The molecule has 3 atom stereocenters. The van der Waals surface area contributed by atoms with E-state index in [0.717, 1.165) is 47.3 Å². The van der Waals surface area contributed by atoms with Gasteiger partial charge in [0.05, 0.1) is 6.04 Å². The molecule has 1 amide bonds. The first-order chi connectivity index (χ1) is 15.1. The van der Waals surface area contributed by atoms with Gasteiger partial charge in [-0.3, -0.25) is 28.3 Å². The molecular weight excluding hydrogens is 418 g/mol. The van der Waals surface area contributed by atoms with Gasteiger partial charge in [0.1, 0.15) is 5.69 Å². The number of fused-ring (bicyclic) bond motifs is 4. The first-order valence-corrected chi connectivity index (χ1v) is 10.3. The largest absolute Gasteiger partial charge is 0.481 e. The predicted octanol–water partition coefficient (Wildman–Crippen LogP) is -0.986. The lowest BCUT2D eigenvalue weighted by Gasteiger charge is -2.43. The number of carboxylic acid groups (broad SMARTS) is 1. The highest BCUT2D eigenvalue weighted by Crippen LogP contribution is 2.38. The molecule has 172 valence electrons. The number of nitrogens with zero attached hydrogens (tertiary/aromatic N) is 3. The Morgan fingerprint density at radius 3 is 2.50 bits per heavy atom. The summed E-state index contributed by atoms with van der Waals surface area (Å²) in [4.78, 5) is 58.2. The second-order valence-corrected chi connectivity index (χ2v) is 8.07. The molecule has 0 spiro atoms. The quantitative estimate of drug-likeness (QED) is 0.550. The molecule has 0 unspecified atom stereocenters. The molecule has 32 heavy (non-hydrogen) atoms. The standard InChI is InChI=1S/C19H23N5O4.C2H4O2/c1-22-14(7-17(26)23(2)19(22)28)18(27)21-10-15-12-6-11(8-20-9-12)13-4-3-5-16(25)24(13)15;1-2(3)4/h3-5,7,11-12,15,20H,6,8-10H2,1-2H3,(H,21,27);1H3,(H,3,4)/t11-,12+,15+;/m1./s1. The van der Waals surface area contributed by atoms with Gasteiger partial charge in [0.25, 0.3) is 23.0 Å². The van der Waals surface area contributed by atoms with Crippen molar-refractivity contribution in [3.8, 4) is 0 Å². The Labute approximate surface area is 183 Å². The molecule has 1 saturated heterocycles. The van der Waals surface area contributed by atoms with Gasteiger partial charge in [-0.2, -0.15) is 0 Å². The fourth-order valence-electron chi connectivity index (χ4n) is 4.41. The van der Waals surface area contributed by atoms with Crippen LogP contribution in [0.2, 0.25) is 0 Å². The summed E-state index contributed by atoms with van der Waals surface area (Å²) in [7, 11) is 2.82. The fraction of sp³-hybridized carbons (Fsp3) is 0.476. The average molecular weight is 445 g/mol. The lowest BCUT2D eigenvalue weighted by molar-refractivity contribution is -0.134. The van der Waals surface area contributed by atoms with Crippen LogP contribution in [0, 0.1) is 5.92 Å². The molecule has 4 rings (SSSR count). The van der Waals surface area contributed by atoms with E-state index < -0.39 is 23.1 Å². The average Bonchev–Trinajstić information content (AvgIpc) is 2.75. The van der Waals surface area contributed by atoms with Crippen LogP contribution in [0.25, 0.3) is 0 Å². The molecule has 11 heteroatoms. The van der Waals surface area contributed by atoms with Gasteiger partial charge in [-0.15, -0.1) is 0 Å². The van der Waals surface area contributed by atoms with Crippen molar-refractivity contribution in [3.05, 3.63) is 66.8 Å².